The molecule has 18 heavy (non-hydrogen) atoms. The molecule has 0 aliphatic carbocycles. The van der Waals surface area contributed by atoms with Gasteiger partial charge in [-0.1, -0.05) is 30.3 Å². The van der Waals surface area contributed by atoms with Crippen molar-refractivity contribution in [2.45, 2.75) is 12.3 Å². The lowest BCUT2D eigenvalue weighted by molar-refractivity contribution is -0.129. The Morgan fingerprint density at radius 1 is 1.28 bits per heavy atom. The lowest BCUT2D eigenvalue weighted by Gasteiger charge is -2.20. The summed E-state index contributed by atoms with van der Waals surface area (Å²) in [5, 5.41) is 5.62. The van der Waals surface area contributed by atoms with Crippen molar-refractivity contribution in [2.75, 3.05) is 13.6 Å². The quantitative estimate of drug-likeness (QED) is 0.756. The highest BCUT2D eigenvalue weighted by Crippen LogP contribution is 2.20. The Kier molecular flexibility index (Phi) is 3.84. The molecule has 94 valence electrons. The molecule has 0 fully saturated rings. The number of nitrogens with one attached hydrogen (secondary N) is 2. The zero-order valence-corrected chi connectivity index (χ0v) is 10.1. The molecule has 0 spiro atoms. The third-order valence-corrected chi connectivity index (χ3v) is 2.77. The van der Waals surface area contributed by atoms with Crippen LogP contribution in [0.5, 0.6) is 0 Å². The van der Waals surface area contributed by atoms with Crippen LogP contribution in [0, 0.1) is 0 Å². The van der Waals surface area contributed by atoms with Crippen LogP contribution in [0.4, 0.5) is 0 Å². The fourth-order valence-corrected chi connectivity index (χ4v) is 1.85. The van der Waals surface area contributed by atoms with Gasteiger partial charge in [-0.2, -0.15) is 4.99 Å². The second kappa shape index (κ2) is 5.55. The van der Waals surface area contributed by atoms with Crippen molar-refractivity contribution in [1.82, 2.24) is 10.6 Å². The number of aliphatic imine (C=N–C) groups is 1. The molecule has 0 radical (unpaired) electrons. The Labute approximate surface area is 105 Å². The molecule has 1 atom stereocenters. The Morgan fingerprint density at radius 2 is 2.00 bits per heavy atom. The predicted molar refractivity (Wildman–Crippen MR) is 68.3 cm³/mol. The van der Waals surface area contributed by atoms with Gasteiger partial charge in [-0.25, -0.2) is 0 Å². The number of benzene rings is 1. The van der Waals surface area contributed by atoms with Gasteiger partial charge in [0, 0.05) is 13.0 Å². The average molecular weight is 245 g/mol. The predicted octanol–water partition coefficient (Wildman–Crippen LogP) is 0.435. The molecule has 0 aromatic heterocycles. The van der Waals surface area contributed by atoms with Crippen molar-refractivity contribution in [2.24, 2.45) is 4.99 Å². The van der Waals surface area contributed by atoms with Gasteiger partial charge in [-0.3, -0.25) is 9.59 Å². The van der Waals surface area contributed by atoms with Crippen LogP contribution >= 0.6 is 0 Å². The minimum atomic E-state index is -0.815. The van der Waals surface area contributed by atoms with E-state index in [1.165, 1.54) is 0 Å². The first-order chi connectivity index (χ1) is 8.72. The van der Waals surface area contributed by atoms with Crippen LogP contribution in [0.1, 0.15) is 17.9 Å². The van der Waals surface area contributed by atoms with Gasteiger partial charge in [0.1, 0.15) is 11.8 Å². The SMILES string of the molecule is CNCCC1=NC(=O)C(c2ccccc2)C(=O)N1. The van der Waals surface area contributed by atoms with Crippen molar-refractivity contribution in [1.29, 1.82) is 0 Å². The standard InChI is InChI=1S/C13H15N3O2/c1-14-8-7-10-15-12(17)11(13(18)16-10)9-5-3-2-4-6-9/h2-6,11,14H,7-8H2,1H3,(H,15,16,17,18). The van der Waals surface area contributed by atoms with Crippen LogP contribution < -0.4 is 10.6 Å². The van der Waals surface area contributed by atoms with Crippen LogP contribution in [0.3, 0.4) is 0 Å². The fraction of sp³-hybridized carbons (Fsp3) is 0.308. The van der Waals surface area contributed by atoms with Crippen molar-refractivity contribution in [3.8, 4) is 0 Å². The lowest BCUT2D eigenvalue weighted by Crippen LogP contribution is -2.43. The molecule has 1 aromatic carbocycles. The van der Waals surface area contributed by atoms with Crippen molar-refractivity contribution in [3.63, 3.8) is 0 Å². The van der Waals surface area contributed by atoms with Gasteiger partial charge >= 0.3 is 0 Å². The largest absolute Gasteiger partial charge is 0.319 e. The number of rotatable bonds is 4. The smallest absolute Gasteiger partial charge is 0.264 e. The molecule has 0 saturated heterocycles. The van der Waals surface area contributed by atoms with Gasteiger partial charge in [0.2, 0.25) is 5.91 Å². The normalized spacial score (nSPS) is 19.4. The lowest BCUT2D eigenvalue weighted by atomic mass is 9.96. The Balaban J connectivity index is 2.19. The maximum atomic E-state index is 11.9. The highest BCUT2D eigenvalue weighted by molar-refractivity contribution is 6.19. The van der Waals surface area contributed by atoms with Crippen molar-refractivity contribution < 1.29 is 9.59 Å². The minimum absolute atomic E-state index is 0.299. The summed E-state index contributed by atoms with van der Waals surface area (Å²) >= 11 is 0. The average Bonchev–Trinajstić information content (AvgIpc) is 2.37. The van der Waals surface area contributed by atoms with Crippen LogP contribution in [-0.2, 0) is 9.59 Å². The first kappa shape index (κ1) is 12.4. The summed E-state index contributed by atoms with van der Waals surface area (Å²) in [6.45, 7) is 0.669. The summed E-state index contributed by atoms with van der Waals surface area (Å²) < 4.78 is 0. The van der Waals surface area contributed by atoms with Crippen LogP contribution in [-0.4, -0.2) is 31.2 Å². The van der Waals surface area contributed by atoms with E-state index < -0.39 is 11.8 Å². The van der Waals surface area contributed by atoms with Crippen molar-refractivity contribution >= 4 is 17.6 Å². The number of carbonyl (C=O) groups is 2. The first-order valence-corrected chi connectivity index (χ1v) is 5.84. The molecule has 1 aliphatic rings. The molecule has 1 aliphatic heterocycles. The third kappa shape index (κ3) is 2.62. The van der Waals surface area contributed by atoms with E-state index in [1.807, 2.05) is 6.07 Å². The molecule has 1 unspecified atom stereocenters. The topological polar surface area (TPSA) is 70.6 Å². The molecule has 1 heterocycles. The summed E-state index contributed by atoms with van der Waals surface area (Å²) in [7, 11) is 1.81. The van der Waals surface area contributed by atoms with E-state index in [-0.39, 0.29) is 5.91 Å². The number of carbonyl (C=O) groups excluding carboxylic acids is 2. The number of amides is 2. The highest BCUT2D eigenvalue weighted by Gasteiger charge is 2.32. The molecule has 2 amide bonds. The molecule has 0 saturated carbocycles. The summed E-state index contributed by atoms with van der Waals surface area (Å²) in [6.07, 6.45) is 0.537. The van der Waals surface area contributed by atoms with E-state index in [0.717, 1.165) is 0 Å². The van der Waals surface area contributed by atoms with E-state index in [9.17, 15) is 9.59 Å². The maximum Gasteiger partial charge on any atom is 0.264 e. The Bertz CT molecular complexity index is 482. The number of hydrogen-bond acceptors (Lipinski definition) is 3. The molecule has 0 bridgehead atoms. The third-order valence-electron chi connectivity index (χ3n) is 2.77. The number of amidine groups is 1. The van der Waals surface area contributed by atoms with Gasteiger partial charge in [-0.15, -0.1) is 0 Å². The Morgan fingerprint density at radius 3 is 2.61 bits per heavy atom. The molecule has 1 aromatic rings. The van der Waals surface area contributed by atoms with Crippen LogP contribution in [0.25, 0.3) is 0 Å². The minimum Gasteiger partial charge on any atom is -0.319 e. The van der Waals surface area contributed by atoms with E-state index in [1.54, 1.807) is 31.3 Å². The summed E-state index contributed by atoms with van der Waals surface area (Å²) in [4.78, 5) is 27.8. The molecule has 5 nitrogen and oxygen atoms in total. The van der Waals surface area contributed by atoms with E-state index in [4.69, 9.17) is 0 Å². The number of nitrogens with zero attached hydrogens (tertiary/aromatic N) is 1. The summed E-state index contributed by atoms with van der Waals surface area (Å²) in [5.41, 5.74) is 0.677. The zero-order chi connectivity index (χ0) is 13.0. The molecular weight excluding hydrogens is 230 g/mol. The highest BCUT2D eigenvalue weighted by atomic mass is 16.2. The summed E-state index contributed by atoms with van der Waals surface area (Å²) in [5.74, 6) is -1.07. The van der Waals surface area contributed by atoms with Gasteiger partial charge in [0.25, 0.3) is 5.91 Å². The molecule has 2 N–H and O–H groups in total. The molecule has 2 rings (SSSR count). The zero-order valence-electron chi connectivity index (χ0n) is 10.1. The van der Waals surface area contributed by atoms with Crippen LogP contribution in [0.15, 0.2) is 35.3 Å². The summed E-state index contributed by atoms with van der Waals surface area (Å²) in [6, 6.07) is 8.97. The number of hydrogen-bond donors (Lipinski definition) is 2. The second-order valence-corrected chi connectivity index (χ2v) is 4.08. The van der Waals surface area contributed by atoms with Gasteiger partial charge < -0.3 is 10.6 Å². The van der Waals surface area contributed by atoms with Crippen LogP contribution in [0.2, 0.25) is 0 Å². The van der Waals surface area contributed by atoms with Gasteiger partial charge in [-0.05, 0) is 12.6 Å². The molecule has 5 heteroatoms. The molecular formula is C13H15N3O2. The van der Waals surface area contributed by atoms with E-state index in [2.05, 4.69) is 15.6 Å². The van der Waals surface area contributed by atoms with Gasteiger partial charge in [0.05, 0.1) is 0 Å². The van der Waals surface area contributed by atoms with E-state index in [0.29, 0.717) is 24.4 Å². The fourth-order valence-electron chi connectivity index (χ4n) is 1.85. The monoisotopic (exact) mass is 245 g/mol. The maximum absolute atomic E-state index is 11.9. The second-order valence-electron chi connectivity index (χ2n) is 4.08. The first-order valence-electron chi connectivity index (χ1n) is 5.84. The Hall–Kier alpha value is -2.01. The van der Waals surface area contributed by atoms with E-state index >= 15 is 0 Å². The van der Waals surface area contributed by atoms with Gasteiger partial charge in [0.15, 0.2) is 0 Å². The van der Waals surface area contributed by atoms with Crippen molar-refractivity contribution in [3.05, 3.63) is 35.9 Å².